The molecular formula is C14H15N3O2. The van der Waals surface area contributed by atoms with Gasteiger partial charge in [0.2, 0.25) is 0 Å². The number of rotatable bonds is 2. The predicted molar refractivity (Wildman–Crippen MR) is 70.8 cm³/mol. The number of carbonyl (C=O) groups is 1. The number of hydrogen-bond acceptors (Lipinski definition) is 4. The maximum Gasteiger partial charge on any atom is 0.253 e. The fourth-order valence-corrected chi connectivity index (χ4v) is 2.41. The van der Waals surface area contributed by atoms with E-state index in [0.29, 0.717) is 18.1 Å². The molecule has 3 rings (SSSR count). The summed E-state index contributed by atoms with van der Waals surface area (Å²) in [4.78, 5) is 18.6. The minimum Gasteiger partial charge on any atom is -0.467 e. The first-order chi connectivity index (χ1) is 9.31. The van der Waals surface area contributed by atoms with Crippen LogP contribution in [0.3, 0.4) is 0 Å². The van der Waals surface area contributed by atoms with E-state index in [-0.39, 0.29) is 5.91 Å². The van der Waals surface area contributed by atoms with Crippen LogP contribution in [0.2, 0.25) is 0 Å². The minimum absolute atomic E-state index is 0.0325. The smallest absolute Gasteiger partial charge is 0.253 e. The van der Waals surface area contributed by atoms with E-state index < -0.39 is 6.04 Å². The Balaban J connectivity index is 1.99. The average molecular weight is 257 g/mol. The lowest BCUT2D eigenvalue weighted by molar-refractivity contribution is -0.120. The SMILES string of the molecule is CNC1C(=O)N(c2ccccn2)CCc2ccoc21. The van der Waals surface area contributed by atoms with E-state index in [0.717, 1.165) is 12.0 Å². The molecule has 1 amide bonds. The van der Waals surface area contributed by atoms with E-state index in [1.807, 2.05) is 24.3 Å². The number of nitrogens with zero attached hydrogens (tertiary/aromatic N) is 2. The van der Waals surface area contributed by atoms with Crippen LogP contribution in [0.25, 0.3) is 0 Å². The van der Waals surface area contributed by atoms with Crippen LogP contribution in [0.15, 0.2) is 41.1 Å². The molecular weight excluding hydrogens is 242 g/mol. The molecule has 0 saturated carbocycles. The van der Waals surface area contributed by atoms with Crippen molar-refractivity contribution in [2.75, 3.05) is 18.5 Å². The Morgan fingerprint density at radius 1 is 1.42 bits per heavy atom. The average Bonchev–Trinajstić information content (AvgIpc) is 2.85. The van der Waals surface area contributed by atoms with E-state index in [1.165, 1.54) is 0 Å². The molecule has 2 aromatic rings. The van der Waals surface area contributed by atoms with Crippen LogP contribution < -0.4 is 10.2 Å². The highest BCUT2D eigenvalue weighted by molar-refractivity contribution is 5.97. The van der Waals surface area contributed by atoms with E-state index >= 15 is 0 Å². The molecule has 0 spiro atoms. The van der Waals surface area contributed by atoms with Gasteiger partial charge in [-0.3, -0.25) is 9.69 Å². The zero-order valence-corrected chi connectivity index (χ0v) is 10.7. The summed E-state index contributed by atoms with van der Waals surface area (Å²) in [5, 5.41) is 3.02. The molecule has 1 N–H and O–H groups in total. The van der Waals surface area contributed by atoms with Crippen molar-refractivity contribution in [2.45, 2.75) is 12.5 Å². The first-order valence-electron chi connectivity index (χ1n) is 6.27. The largest absolute Gasteiger partial charge is 0.467 e. The molecule has 1 aliphatic rings. The Morgan fingerprint density at radius 2 is 2.32 bits per heavy atom. The number of hydrogen-bond donors (Lipinski definition) is 1. The molecule has 2 aromatic heterocycles. The molecule has 0 aromatic carbocycles. The summed E-state index contributed by atoms with van der Waals surface area (Å²) in [6, 6.07) is 7.04. The van der Waals surface area contributed by atoms with Crippen molar-refractivity contribution in [2.24, 2.45) is 0 Å². The van der Waals surface area contributed by atoms with Gasteiger partial charge in [0, 0.05) is 12.7 Å². The van der Waals surface area contributed by atoms with Gasteiger partial charge in [0.25, 0.3) is 5.91 Å². The number of nitrogens with one attached hydrogen (secondary N) is 1. The topological polar surface area (TPSA) is 58.4 Å². The molecule has 0 radical (unpaired) electrons. The molecule has 5 nitrogen and oxygen atoms in total. The summed E-state index contributed by atoms with van der Waals surface area (Å²) in [5.74, 6) is 1.36. The maximum atomic E-state index is 12.6. The quantitative estimate of drug-likeness (QED) is 0.886. The fraction of sp³-hybridized carbons (Fsp3) is 0.286. The van der Waals surface area contributed by atoms with Crippen LogP contribution in [-0.2, 0) is 11.2 Å². The van der Waals surface area contributed by atoms with Crippen molar-refractivity contribution >= 4 is 11.7 Å². The number of fused-ring (bicyclic) bond motifs is 1. The van der Waals surface area contributed by atoms with Gasteiger partial charge in [-0.05, 0) is 37.2 Å². The second-order valence-corrected chi connectivity index (χ2v) is 4.46. The lowest BCUT2D eigenvalue weighted by Gasteiger charge is -2.22. The third-order valence-corrected chi connectivity index (χ3v) is 3.38. The van der Waals surface area contributed by atoms with Gasteiger partial charge in [0.05, 0.1) is 6.26 Å². The van der Waals surface area contributed by atoms with Crippen LogP contribution in [0.4, 0.5) is 5.82 Å². The molecule has 0 aliphatic carbocycles. The molecule has 1 unspecified atom stereocenters. The van der Waals surface area contributed by atoms with Crippen LogP contribution in [-0.4, -0.2) is 24.5 Å². The van der Waals surface area contributed by atoms with Gasteiger partial charge in [0.1, 0.15) is 17.6 Å². The Kier molecular flexibility index (Phi) is 3.05. The Hall–Kier alpha value is -2.14. The zero-order valence-electron chi connectivity index (χ0n) is 10.7. The molecule has 0 fully saturated rings. The monoisotopic (exact) mass is 257 g/mol. The number of amides is 1. The summed E-state index contributed by atoms with van der Waals surface area (Å²) in [5.41, 5.74) is 1.08. The number of carbonyl (C=O) groups excluding carboxylic acids is 1. The van der Waals surface area contributed by atoms with Crippen molar-refractivity contribution in [1.82, 2.24) is 10.3 Å². The number of pyridine rings is 1. The lowest BCUT2D eigenvalue weighted by Crippen LogP contribution is -2.39. The number of aromatic nitrogens is 1. The molecule has 5 heteroatoms. The van der Waals surface area contributed by atoms with Crippen LogP contribution in [0, 0.1) is 0 Å². The summed E-state index contributed by atoms with van der Waals surface area (Å²) >= 11 is 0. The predicted octanol–water partition coefficient (Wildman–Crippen LogP) is 1.52. The highest BCUT2D eigenvalue weighted by Crippen LogP contribution is 2.27. The molecule has 1 aliphatic heterocycles. The van der Waals surface area contributed by atoms with Crippen LogP contribution >= 0.6 is 0 Å². The fourth-order valence-electron chi connectivity index (χ4n) is 2.41. The van der Waals surface area contributed by atoms with E-state index in [4.69, 9.17) is 4.42 Å². The van der Waals surface area contributed by atoms with Gasteiger partial charge >= 0.3 is 0 Å². The summed E-state index contributed by atoms with van der Waals surface area (Å²) in [6.07, 6.45) is 4.10. The number of likely N-dealkylation sites (N-methyl/N-ethyl adjacent to an activating group) is 1. The third kappa shape index (κ3) is 2.02. The molecule has 1 atom stereocenters. The molecule has 98 valence electrons. The van der Waals surface area contributed by atoms with Crippen molar-refractivity contribution in [3.05, 3.63) is 48.0 Å². The number of anilines is 1. The van der Waals surface area contributed by atoms with Crippen LogP contribution in [0.1, 0.15) is 17.4 Å². The summed E-state index contributed by atoms with van der Waals surface area (Å²) in [7, 11) is 1.76. The van der Waals surface area contributed by atoms with Crippen molar-refractivity contribution in [1.29, 1.82) is 0 Å². The highest BCUT2D eigenvalue weighted by atomic mass is 16.3. The third-order valence-electron chi connectivity index (χ3n) is 3.38. The van der Waals surface area contributed by atoms with Crippen molar-refractivity contribution < 1.29 is 9.21 Å². The second kappa shape index (κ2) is 4.85. The molecule has 0 saturated heterocycles. The minimum atomic E-state index is -0.450. The van der Waals surface area contributed by atoms with E-state index in [9.17, 15) is 4.79 Å². The Bertz CT molecular complexity index is 579. The summed E-state index contributed by atoms with van der Waals surface area (Å²) < 4.78 is 5.46. The van der Waals surface area contributed by atoms with Crippen molar-refractivity contribution in [3.63, 3.8) is 0 Å². The Morgan fingerprint density at radius 3 is 3.05 bits per heavy atom. The standard InChI is InChI=1S/C14H15N3O2/c1-15-12-13-10(6-9-19-13)5-8-17(14(12)18)11-4-2-3-7-16-11/h2-4,6-7,9,12,15H,5,8H2,1H3. The second-order valence-electron chi connectivity index (χ2n) is 4.46. The van der Waals surface area contributed by atoms with E-state index in [2.05, 4.69) is 10.3 Å². The van der Waals surface area contributed by atoms with Crippen LogP contribution in [0.5, 0.6) is 0 Å². The van der Waals surface area contributed by atoms with Gasteiger partial charge in [-0.2, -0.15) is 0 Å². The van der Waals surface area contributed by atoms with Gasteiger partial charge in [-0.15, -0.1) is 0 Å². The first-order valence-corrected chi connectivity index (χ1v) is 6.27. The van der Waals surface area contributed by atoms with Crippen molar-refractivity contribution in [3.8, 4) is 0 Å². The molecule has 19 heavy (non-hydrogen) atoms. The van der Waals surface area contributed by atoms with Gasteiger partial charge in [0.15, 0.2) is 0 Å². The number of furan rings is 1. The molecule has 3 heterocycles. The van der Waals surface area contributed by atoms with E-state index in [1.54, 1.807) is 24.4 Å². The highest BCUT2D eigenvalue weighted by Gasteiger charge is 2.33. The lowest BCUT2D eigenvalue weighted by atomic mass is 10.1. The summed E-state index contributed by atoms with van der Waals surface area (Å²) in [6.45, 7) is 0.612. The maximum absolute atomic E-state index is 12.6. The molecule has 0 bridgehead atoms. The zero-order chi connectivity index (χ0) is 13.2. The normalized spacial score (nSPS) is 19.1. The Labute approximate surface area is 111 Å². The van der Waals surface area contributed by atoms with Gasteiger partial charge in [-0.25, -0.2) is 4.98 Å². The van der Waals surface area contributed by atoms with Gasteiger partial charge in [-0.1, -0.05) is 6.07 Å². The van der Waals surface area contributed by atoms with Gasteiger partial charge < -0.3 is 9.73 Å². The first kappa shape index (κ1) is 11.9.